The van der Waals surface area contributed by atoms with Crippen LogP contribution in [0.15, 0.2) is 33.2 Å². The molecule has 9 rings (SSSR count). The topological polar surface area (TPSA) is 107 Å². The molecule has 3 heterocycles. The highest BCUT2D eigenvalue weighted by atomic mass is 16.5. The van der Waals surface area contributed by atoms with Crippen molar-refractivity contribution in [3.05, 3.63) is 41.9 Å². The summed E-state index contributed by atoms with van der Waals surface area (Å²) in [6, 6.07) is 8.12. The van der Waals surface area contributed by atoms with Crippen LogP contribution in [0.5, 0.6) is 0 Å². The number of ether oxygens (including phenoxy) is 1. The predicted octanol–water partition coefficient (Wildman–Crippen LogP) is 6.32. The highest BCUT2D eigenvalue weighted by molar-refractivity contribution is 5.94. The Morgan fingerprint density at radius 3 is 2.51 bits per heavy atom. The maximum atomic E-state index is 14.0. The largest absolute Gasteiger partial charge is 0.420 e. The fourth-order valence-electron chi connectivity index (χ4n) is 7.42. The molecule has 5 saturated carbocycles. The lowest BCUT2D eigenvalue weighted by Gasteiger charge is -2.53. The van der Waals surface area contributed by atoms with Crippen LogP contribution < -0.4 is 4.90 Å². The molecular formula is C32H39N5O4. The molecular weight excluding hydrogens is 518 g/mol. The average molecular weight is 558 g/mol. The summed E-state index contributed by atoms with van der Waals surface area (Å²) in [7, 11) is 0. The van der Waals surface area contributed by atoms with Gasteiger partial charge in [0.15, 0.2) is 5.82 Å². The first kappa shape index (κ1) is 25.6. The summed E-state index contributed by atoms with van der Waals surface area (Å²) < 4.78 is 17.6. The van der Waals surface area contributed by atoms with Crippen molar-refractivity contribution >= 4 is 11.6 Å². The van der Waals surface area contributed by atoms with E-state index in [-0.39, 0.29) is 22.7 Å². The number of amides is 1. The molecule has 1 amide bonds. The highest BCUT2D eigenvalue weighted by Crippen LogP contribution is 2.58. The molecule has 0 spiro atoms. The van der Waals surface area contributed by atoms with Crippen molar-refractivity contribution in [2.45, 2.75) is 101 Å². The third-order valence-electron chi connectivity index (χ3n) is 10.5. The Kier molecular flexibility index (Phi) is 6.27. The molecule has 41 heavy (non-hydrogen) atoms. The van der Waals surface area contributed by atoms with E-state index in [9.17, 15) is 4.79 Å². The van der Waals surface area contributed by atoms with E-state index in [0.717, 1.165) is 106 Å². The molecule has 1 aliphatic heterocycles. The van der Waals surface area contributed by atoms with Crippen LogP contribution in [0.4, 0.5) is 5.69 Å². The third kappa shape index (κ3) is 5.00. The van der Waals surface area contributed by atoms with Gasteiger partial charge in [0.25, 0.3) is 0 Å². The standard InChI is InChI=1S/C32H39N5O4/c38-26(17-21-3-2-16-39-19-21)37(25-5-1-4-24(18-25)29-35-34-28(40-29)23-8-9-23)20-31-10-13-32(14-11-31,15-12-31)30-33-27(36-41-30)22-6-7-22/h1,4-5,18,21-23H,2-3,6-17,19-20H2. The first-order valence-electron chi connectivity index (χ1n) is 15.7. The summed E-state index contributed by atoms with van der Waals surface area (Å²) in [5, 5.41) is 12.9. The number of rotatable bonds is 9. The molecule has 1 unspecified atom stereocenters. The first-order valence-corrected chi connectivity index (χ1v) is 15.7. The van der Waals surface area contributed by atoms with Gasteiger partial charge in [0, 0.05) is 54.7 Å². The van der Waals surface area contributed by atoms with Crippen molar-refractivity contribution in [2.75, 3.05) is 24.7 Å². The molecule has 0 N–H and O–H groups in total. The van der Waals surface area contributed by atoms with E-state index < -0.39 is 0 Å². The van der Waals surface area contributed by atoms with Crippen molar-refractivity contribution in [1.29, 1.82) is 0 Å². The molecule has 6 aliphatic rings. The van der Waals surface area contributed by atoms with Crippen LogP contribution in [0.2, 0.25) is 0 Å². The van der Waals surface area contributed by atoms with Gasteiger partial charge in [0.05, 0.1) is 0 Å². The number of aromatic nitrogens is 4. The van der Waals surface area contributed by atoms with Gasteiger partial charge in [-0.15, -0.1) is 10.2 Å². The van der Waals surface area contributed by atoms with Crippen LogP contribution in [0.1, 0.15) is 113 Å². The predicted molar refractivity (Wildman–Crippen MR) is 150 cm³/mol. The van der Waals surface area contributed by atoms with Gasteiger partial charge in [-0.2, -0.15) is 4.98 Å². The quantitative estimate of drug-likeness (QED) is 0.301. The zero-order chi connectivity index (χ0) is 27.4. The number of hydrogen-bond donors (Lipinski definition) is 0. The highest BCUT2D eigenvalue weighted by Gasteiger charge is 2.53. The van der Waals surface area contributed by atoms with Crippen LogP contribution in [0.3, 0.4) is 0 Å². The van der Waals surface area contributed by atoms with Gasteiger partial charge in [-0.05, 0) is 107 Å². The van der Waals surface area contributed by atoms with Crippen LogP contribution in [0, 0.1) is 11.3 Å². The van der Waals surface area contributed by atoms with Crippen molar-refractivity contribution in [1.82, 2.24) is 20.3 Å². The molecule has 9 nitrogen and oxygen atoms in total. The van der Waals surface area contributed by atoms with Gasteiger partial charge in [-0.3, -0.25) is 4.79 Å². The Labute approximate surface area is 240 Å². The lowest BCUT2D eigenvalue weighted by atomic mass is 9.53. The van der Waals surface area contributed by atoms with Crippen LogP contribution in [-0.2, 0) is 14.9 Å². The second kappa shape index (κ2) is 10.0. The average Bonchev–Trinajstić information content (AvgIpc) is 3.96. The number of carbonyl (C=O) groups is 1. The van der Waals surface area contributed by atoms with Crippen LogP contribution in [-0.4, -0.2) is 46.0 Å². The van der Waals surface area contributed by atoms with Gasteiger partial charge < -0.3 is 18.6 Å². The second-order valence-corrected chi connectivity index (χ2v) is 13.5. The monoisotopic (exact) mass is 557 g/mol. The van der Waals surface area contributed by atoms with E-state index in [4.69, 9.17) is 18.7 Å². The van der Waals surface area contributed by atoms with Crippen molar-refractivity contribution in [3.63, 3.8) is 0 Å². The van der Waals surface area contributed by atoms with Crippen LogP contribution in [0.25, 0.3) is 11.5 Å². The van der Waals surface area contributed by atoms with Gasteiger partial charge in [-0.1, -0.05) is 11.2 Å². The number of anilines is 1. The van der Waals surface area contributed by atoms with Gasteiger partial charge in [0.1, 0.15) is 0 Å². The third-order valence-corrected chi connectivity index (χ3v) is 10.5. The van der Waals surface area contributed by atoms with Crippen molar-refractivity contribution in [2.24, 2.45) is 11.3 Å². The minimum atomic E-state index is 0.00724. The summed E-state index contributed by atoms with van der Waals surface area (Å²) in [6.07, 6.45) is 13.5. The van der Waals surface area contributed by atoms with E-state index in [1.807, 2.05) is 12.1 Å². The Morgan fingerprint density at radius 2 is 1.78 bits per heavy atom. The molecule has 1 atom stereocenters. The Morgan fingerprint density at radius 1 is 0.976 bits per heavy atom. The van der Waals surface area contributed by atoms with Crippen LogP contribution >= 0.6 is 0 Å². The molecule has 1 aromatic carbocycles. The number of carbonyl (C=O) groups excluding carboxylic acids is 1. The number of benzene rings is 1. The van der Waals surface area contributed by atoms with E-state index in [1.165, 1.54) is 12.8 Å². The molecule has 2 aromatic heterocycles. The van der Waals surface area contributed by atoms with E-state index in [1.54, 1.807) is 0 Å². The summed E-state index contributed by atoms with van der Waals surface area (Å²) >= 11 is 0. The fourth-order valence-corrected chi connectivity index (χ4v) is 7.42. The maximum absolute atomic E-state index is 14.0. The minimum Gasteiger partial charge on any atom is -0.420 e. The maximum Gasteiger partial charge on any atom is 0.247 e. The molecule has 1 saturated heterocycles. The fraction of sp³-hybridized carbons (Fsp3) is 0.656. The SMILES string of the molecule is O=C(CC1CCCOC1)N(CC12CCC(c3nc(C4CC4)no3)(CC1)CC2)c1cccc(-c2nnc(C3CC3)o2)c1. The molecule has 2 bridgehead atoms. The summed E-state index contributed by atoms with van der Waals surface area (Å²) in [5.74, 6) is 4.41. The Balaban J connectivity index is 1.04. The molecule has 6 fully saturated rings. The van der Waals surface area contributed by atoms with Gasteiger partial charge in [0.2, 0.25) is 23.6 Å². The molecule has 0 radical (unpaired) electrons. The first-order chi connectivity index (χ1) is 20.1. The number of fused-ring (bicyclic) bond motifs is 3. The van der Waals surface area contributed by atoms with Gasteiger partial charge in [-0.25, -0.2) is 0 Å². The lowest BCUT2D eigenvalue weighted by molar-refractivity contribution is -0.121. The Bertz CT molecular complexity index is 1390. The minimum absolute atomic E-state index is 0.00724. The summed E-state index contributed by atoms with van der Waals surface area (Å²) in [5.41, 5.74) is 1.89. The molecule has 216 valence electrons. The second-order valence-electron chi connectivity index (χ2n) is 13.5. The van der Waals surface area contributed by atoms with E-state index in [0.29, 0.717) is 30.8 Å². The summed E-state index contributed by atoms with van der Waals surface area (Å²) in [4.78, 5) is 21.0. The van der Waals surface area contributed by atoms with E-state index >= 15 is 0 Å². The van der Waals surface area contributed by atoms with E-state index in [2.05, 4.69) is 32.4 Å². The molecule has 3 aromatic rings. The smallest absolute Gasteiger partial charge is 0.247 e. The van der Waals surface area contributed by atoms with Crippen molar-refractivity contribution < 1.29 is 18.5 Å². The lowest BCUT2D eigenvalue weighted by Crippen LogP contribution is -2.51. The zero-order valence-corrected chi connectivity index (χ0v) is 23.7. The molecule has 5 aliphatic carbocycles. The Hall–Kier alpha value is -3.07. The van der Waals surface area contributed by atoms with Crippen molar-refractivity contribution in [3.8, 4) is 11.5 Å². The zero-order valence-electron chi connectivity index (χ0n) is 23.7. The number of hydrogen-bond acceptors (Lipinski definition) is 8. The molecule has 9 heteroatoms. The number of nitrogens with zero attached hydrogens (tertiary/aromatic N) is 5. The normalized spacial score (nSPS) is 29.5. The van der Waals surface area contributed by atoms with Gasteiger partial charge >= 0.3 is 0 Å². The summed E-state index contributed by atoms with van der Waals surface area (Å²) in [6.45, 7) is 2.20.